The highest BCUT2D eigenvalue weighted by molar-refractivity contribution is 5.77. The lowest BCUT2D eigenvalue weighted by molar-refractivity contribution is -0.765. The normalized spacial score (nSPS) is 25.0. The van der Waals surface area contributed by atoms with E-state index in [2.05, 4.69) is 10.6 Å². The smallest absolute Gasteiger partial charge is 0.304 e. The molecule has 2 saturated heterocycles. The van der Waals surface area contributed by atoms with Crippen LogP contribution in [0.2, 0.25) is 0 Å². The fourth-order valence-electron chi connectivity index (χ4n) is 6.14. The molecule has 0 amide bonds. The van der Waals surface area contributed by atoms with Crippen LogP contribution in [0.15, 0.2) is 49.1 Å². The fourth-order valence-corrected chi connectivity index (χ4v) is 6.14. The molecule has 2 aliphatic rings. The summed E-state index contributed by atoms with van der Waals surface area (Å²) in [5.74, 6) is -3.99. The molecule has 2 aromatic heterocycles. The van der Waals surface area contributed by atoms with Crippen molar-refractivity contribution >= 4 is 59.8 Å². The summed E-state index contributed by atoms with van der Waals surface area (Å²) >= 11 is 0. The number of aldehydes is 2. The number of pyridine rings is 2. The monoisotopic (exact) mass is 788 g/mol. The van der Waals surface area contributed by atoms with Crippen molar-refractivity contribution in [1.82, 2.24) is 0 Å². The molecule has 4 rings (SSSR count). The van der Waals surface area contributed by atoms with Gasteiger partial charge in [0, 0.05) is 53.7 Å². The Morgan fingerprint density at radius 1 is 0.589 bits per heavy atom. The van der Waals surface area contributed by atoms with Crippen LogP contribution in [0.3, 0.4) is 0 Å². The summed E-state index contributed by atoms with van der Waals surface area (Å²) in [6.07, 6.45) is -1.62. The first kappa shape index (κ1) is 42.7. The molecule has 20 heteroatoms. The van der Waals surface area contributed by atoms with Gasteiger partial charge < -0.3 is 58.1 Å². The molecule has 0 spiro atoms. The number of carbonyl (C=O) groups is 8. The van der Waals surface area contributed by atoms with E-state index in [9.17, 15) is 38.4 Å². The van der Waals surface area contributed by atoms with Crippen LogP contribution in [-0.2, 0) is 76.3 Å². The predicted octanol–water partition coefficient (Wildman–Crippen LogP) is -0.432. The minimum atomic E-state index is -1.17. The summed E-state index contributed by atoms with van der Waals surface area (Å²) in [5.41, 5.74) is 0.635. The average Bonchev–Trinajstić information content (AvgIpc) is 3.63. The zero-order valence-corrected chi connectivity index (χ0v) is 31.4. The van der Waals surface area contributed by atoms with Gasteiger partial charge in [-0.1, -0.05) is 0 Å². The van der Waals surface area contributed by atoms with E-state index < -0.39 is 97.0 Å². The Balaban J connectivity index is 1.56. The van der Waals surface area contributed by atoms with Crippen molar-refractivity contribution in [2.45, 2.75) is 103 Å². The highest BCUT2D eigenvalue weighted by atomic mass is 16.7. The third kappa shape index (κ3) is 11.5. The van der Waals surface area contributed by atoms with Gasteiger partial charge in [0.25, 0.3) is 0 Å². The van der Waals surface area contributed by atoms with E-state index >= 15 is 0 Å². The number of nitrogens with zero attached hydrogens (tertiary/aromatic N) is 2. The molecule has 0 saturated carbocycles. The van der Waals surface area contributed by atoms with Gasteiger partial charge in [-0.2, -0.15) is 9.13 Å². The number of ether oxygens (including phenoxy) is 8. The number of carbonyl (C=O) groups excluding carboxylic acids is 8. The summed E-state index contributed by atoms with van der Waals surface area (Å²) in [6.45, 7) is 6.43. The SMILES string of the molecule is CC(=O)OC[C@H]1O[C@@H]([n+]2cccc(NC(C=O)C(C=O)Nc3ccc[n+]([C@@H]4O[C@H](COC(C)=O)[C@@H](OC(C)=O)[C@H]4OC(C)=O)c3)c2)[C@H](OC(C)=O)[C@@H]1OC(C)=O. The van der Waals surface area contributed by atoms with E-state index in [0.29, 0.717) is 23.9 Å². The molecular formula is C36H44N4O16+2. The van der Waals surface area contributed by atoms with Crippen molar-refractivity contribution in [3.05, 3.63) is 49.1 Å². The van der Waals surface area contributed by atoms with Crippen LogP contribution in [-0.4, -0.2) is 110 Å². The molecule has 0 aliphatic carbocycles. The van der Waals surface area contributed by atoms with Gasteiger partial charge >= 0.3 is 48.3 Å². The second-order valence-corrected chi connectivity index (χ2v) is 12.7. The number of rotatable bonds is 17. The first-order valence-corrected chi connectivity index (χ1v) is 17.3. The average molecular weight is 789 g/mol. The fraction of sp³-hybridized carbons (Fsp3) is 0.500. The number of hydrogen-bond donors (Lipinski definition) is 2. The summed E-state index contributed by atoms with van der Waals surface area (Å²) in [6, 6.07) is 4.02. The second-order valence-electron chi connectivity index (χ2n) is 12.7. The van der Waals surface area contributed by atoms with Crippen molar-refractivity contribution in [2.75, 3.05) is 23.8 Å². The van der Waals surface area contributed by atoms with E-state index in [1.807, 2.05) is 0 Å². The van der Waals surface area contributed by atoms with E-state index in [0.717, 1.165) is 13.8 Å². The highest BCUT2D eigenvalue weighted by Crippen LogP contribution is 2.33. The minimum Gasteiger partial charge on any atom is -0.463 e. The largest absolute Gasteiger partial charge is 0.463 e. The Hall–Kier alpha value is -6.02. The first-order valence-electron chi connectivity index (χ1n) is 17.3. The zero-order valence-electron chi connectivity index (χ0n) is 31.4. The van der Waals surface area contributed by atoms with Crippen LogP contribution >= 0.6 is 0 Å². The van der Waals surface area contributed by atoms with Gasteiger partial charge in [0.15, 0.2) is 37.0 Å². The van der Waals surface area contributed by atoms with Crippen LogP contribution < -0.4 is 19.8 Å². The quantitative estimate of drug-likeness (QED) is 0.0894. The van der Waals surface area contributed by atoms with Crippen molar-refractivity contribution in [1.29, 1.82) is 0 Å². The van der Waals surface area contributed by atoms with Gasteiger partial charge in [-0.25, -0.2) is 0 Å². The lowest BCUT2D eigenvalue weighted by atomic mass is 10.1. The van der Waals surface area contributed by atoms with E-state index in [4.69, 9.17) is 37.9 Å². The zero-order chi connectivity index (χ0) is 41.1. The van der Waals surface area contributed by atoms with Crippen LogP contribution in [0.25, 0.3) is 0 Å². The van der Waals surface area contributed by atoms with Crippen molar-refractivity contribution in [2.24, 2.45) is 0 Å². The summed E-state index contributed by atoms with van der Waals surface area (Å²) in [5, 5.41) is 5.97. The lowest BCUT2D eigenvalue weighted by Gasteiger charge is -2.22. The molecule has 56 heavy (non-hydrogen) atoms. The number of aromatic nitrogens is 2. The standard InChI is InChI=1S/C36H44N4O16/c1-19(43)49-17-29-31(51-21(3)45)33(53-23(5)47)35(55-29)39-11-7-9-25(13-39)37-27(15-41)28(16-42)38-26-10-8-12-40(14-26)36-34(54-24(6)48)32(52-22(4)46)30(56-36)18-50-20(2)44/h7-16,27-38H,17-18H2,1-6H3/q+2/t27?,28?,29-,30-,31-,32-,33-,34-,35-,36-/m1/s1. The van der Waals surface area contributed by atoms with Gasteiger partial charge in [-0.15, -0.1) is 0 Å². The Kier molecular flexibility index (Phi) is 14.9. The van der Waals surface area contributed by atoms with E-state index in [1.54, 1.807) is 36.7 Å². The second kappa shape index (κ2) is 19.5. The predicted molar refractivity (Wildman–Crippen MR) is 184 cm³/mol. The molecule has 0 bridgehead atoms. The third-order valence-electron chi connectivity index (χ3n) is 8.26. The van der Waals surface area contributed by atoms with Crippen molar-refractivity contribution < 1.29 is 85.4 Å². The van der Waals surface area contributed by atoms with Crippen LogP contribution in [0.4, 0.5) is 11.4 Å². The molecular weight excluding hydrogens is 744 g/mol. The van der Waals surface area contributed by atoms with Crippen LogP contribution in [0, 0.1) is 0 Å². The molecule has 10 atom stereocenters. The van der Waals surface area contributed by atoms with Crippen LogP contribution in [0.1, 0.15) is 54.0 Å². The summed E-state index contributed by atoms with van der Waals surface area (Å²) in [4.78, 5) is 96.1. The van der Waals surface area contributed by atoms with E-state index in [-0.39, 0.29) is 13.2 Å². The Morgan fingerprint density at radius 3 is 1.23 bits per heavy atom. The highest BCUT2D eigenvalue weighted by Gasteiger charge is 2.56. The van der Waals surface area contributed by atoms with E-state index in [1.165, 1.54) is 49.2 Å². The number of nitrogens with one attached hydrogen (secondary N) is 2. The minimum absolute atomic E-state index is 0.307. The molecule has 2 N–H and O–H groups in total. The Bertz CT molecular complexity index is 1660. The molecule has 2 fully saturated rings. The van der Waals surface area contributed by atoms with Crippen molar-refractivity contribution in [3.8, 4) is 0 Å². The molecule has 0 radical (unpaired) electrons. The van der Waals surface area contributed by atoms with Crippen molar-refractivity contribution in [3.63, 3.8) is 0 Å². The molecule has 20 nitrogen and oxygen atoms in total. The topological polar surface area (TPSA) is 242 Å². The maximum Gasteiger partial charge on any atom is 0.304 e. The lowest BCUT2D eigenvalue weighted by Crippen LogP contribution is -2.49. The maximum absolute atomic E-state index is 12.4. The van der Waals surface area contributed by atoms with Gasteiger partial charge in [-0.05, 0) is 12.1 Å². The molecule has 2 aliphatic heterocycles. The van der Waals surface area contributed by atoms with Gasteiger partial charge in [-0.3, -0.25) is 28.8 Å². The third-order valence-corrected chi connectivity index (χ3v) is 8.26. The number of esters is 6. The molecule has 4 heterocycles. The number of anilines is 2. The van der Waals surface area contributed by atoms with Gasteiger partial charge in [0.2, 0.25) is 12.2 Å². The Labute approximate surface area is 320 Å². The summed E-state index contributed by atoms with van der Waals surface area (Å²) in [7, 11) is 0. The van der Waals surface area contributed by atoms with Gasteiger partial charge in [0.1, 0.15) is 50.1 Å². The molecule has 302 valence electrons. The molecule has 2 aromatic rings. The maximum atomic E-state index is 12.4. The van der Waals surface area contributed by atoms with Gasteiger partial charge in [0.05, 0.1) is 11.4 Å². The van der Waals surface area contributed by atoms with Crippen LogP contribution in [0.5, 0.6) is 0 Å². The molecule has 2 unspecified atom stereocenters. The molecule has 0 aromatic carbocycles. The Morgan fingerprint density at radius 2 is 0.929 bits per heavy atom. The number of hydrogen-bond acceptors (Lipinski definition) is 18. The first-order chi connectivity index (χ1) is 26.6. The summed E-state index contributed by atoms with van der Waals surface area (Å²) < 4.78 is 47.2.